The van der Waals surface area contributed by atoms with Gasteiger partial charge in [-0.25, -0.2) is 4.79 Å². The minimum atomic E-state index is -0.966. The highest BCUT2D eigenvalue weighted by Crippen LogP contribution is 2.31. The van der Waals surface area contributed by atoms with Crippen molar-refractivity contribution in [2.24, 2.45) is 0 Å². The topological polar surface area (TPSA) is 52.6 Å². The first-order valence-corrected chi connectivity index (χ1v) is 6.76. The minimum absolute atomic E-state index is 0.346. The van der Waals surface area contributed by atoms with Gasteiger partial charge in [-0.05, 0) is 38.9 Å². The summed E-state index contributed by atoms with van der Waals surface area (Å²) in [4.78, 5) is 13.9. The highest BCUT2D eigenvalue weighted by molar-refractivity contribution is 5.81. The van der Waals surface area contributed by atoms with Gasteiger partial charge in [-0.15, -0.1) is 0 Å². The molecule has 0 saturated heterocycles. The Balaban J connectivity index is 2.30. The maximum absolute atomic E-state index is 11.9. The van der Waals surface area contributed by atoms with Crippen LogP contribution in [0.25, 0.3) is 0 Å². The maximum atomic E-state index is 11.9. The molecule has 0 radical (unpaired) electrons. The molecule has 2 N–H and O–H groups in total. The third kappa shape index (κ3) is 3.33. The van der Waals surface area contributed by atoms with Gasteiger partial charge in [-0.3, -0.25) is 5.32 Å². The summed E-state index contributed by atoms with van der Waals surface area (Å²) in [5, 5.41) is 13.1. The molecule has 0 aliphatic heterocycles. The van der Waals surface area contributed by atoms with Gasteiger partial charge in [0.1, 0.15) is 5.54 Å². The van der Waals surface area contributed by atoms with E-state index in [1.165, 1.54) is 0 Å². The molecule has 0 bridgehead atoms. The summed E-state index contributed by atoms with van der Waals surface area (Å²) in [5.74, 6) is -0.785. The van der Waals surface area contributed by atoms with Gasteiger partial charge in [0.15, 0.2) is 0 Å². The molecule has 0 spiro atoms. The Hall–Kier alpha value is -1.39. The lowest BCUT2D eigenvalue weighted by Gasteiger charge is -2.32. The summed E-state index contributed by atoms with van der Waals surface area (Å²) in [6.07, 6.45) is 2.71. The molecule has 4 heteroatoms. The molecule has 0 heterocycles. The van der Waals surface area contributed by atoms with Crippen LogP contribution in [0.15, 0.2) is 30.3 Å². The average Bonchev–Trinajstić information content (AvgIpc) is 3.19. The van der Waals surface area contributed by atoms with Crippen molar-refractivity contribution in [1.29, 1.82) is 0 Å². The summed E-state index contributed by atoms with van der Waals surface area (Å²) < 4.78 is 0. The van der Waals surface area contributed by atoms with Crippen LogP contribution in [0.4, 0.5) is 0 Å². The fraction of sp³-hybridized carbons (Fsp3) is 0.533. The van der Waals surface area contributed by atoms with E-state index in [0.717, 1.165) is 24.9 Å². The number of aliphatic carboxylic acids is 1. The van der Waals surface area contributed by atoms with E-state index in [-0.39, 0.29) is 0 Å². The van der Waals surface area contributed by atoms with E-state index in [1.807, 2.05) is 49.3 Å². The zero-order chi connectivity index (χ0) is 13.9. The first-order valence-electron chi connectivity index (χ1n) is 6.76. The SMILES string of the molecule is CN(C)CCC(NC1CC1)(C(=O)O)c1ccccc1. The van der Waals surface area contributed by atoms with Crippen LogP contribution in [0.2, 0.25) is 0 Å². The molecule has 19 heavy (non-hydrogen) atoms. The second kappa shape index (κ2) is 5.72. The molecule has 104 valence electrons. The van der Waals surface area contributed by atoms with Gasteiger partial charge in [0.2, 0.25) is 0 Å². The third-order valence-electron chi connectivity index (χ3n) is 3.59. The smallest absolute Gasteiger partial charge is 0.328 e. The standard InChI is InChI=1S/C15H22N2O2/c1-17(2)11-10-15(14(18)19,16-13-8-9-13)12-6-4-3-5-7-12/h3-7,13,16H,8-11H2,1-2H3,(H,18,19). The zero-order valence-electron chi connectivity index (χ0n) is 11.6. The van der Waals surface area contributed by atoms with Crippen molar-refractivity contribution >= 4 is 5.97 Å². The minimum Gasteiger partial charge on any atom is -0.480 e. The van der Waals surface area contributed by atoms with Crippen molar-refractivity contribution < 1.29 is 9.90 Å². The van der Waals surface area contributed by atoms with Gasteiger partial charge in [-0.2, -0.15) is 0 Å². The van der Waals surface area contributed by atoms with E-state index in [9.17, 15) is 9.90 Å². The molecule has 1 atom stereocenters. The summed E-state index contributed by atoms with van der Waals surface area (Å²) in [6, 6.07) is 9.87. The highest BCUT2D eigenvalue weighted by atomic mass is 16.4. The van der Waals surface area contributed by atoms with Gasteiger partial charge in [0.25, 0.3) is 0 Å². The van der Waals surface area contributed by atoms with Crippen molar-refractivity contribution in [2.75, 3.05) is 20.6 Å². The predicted molar refractivity (Wildman–Crippen MR) is 75.1 cm³/mol. The molecule has 1 fully saturated rings. The van der Waals surface area contributed by atoms with Gasteiger partial charge in [0.05, 0.1) is 0 Å². The first-order chi connectivity index (χ1) is 9.04. The van der Waals surface area contributed by atoms with E-state index < -0.39 is 11.5 Å². The molecule has 1 aliphatic carbocycles. The van der Waals surface area contributed by atoms with Crippen LogP contribution in [-0.2, 0) is 10.3 Å². The number of carboxylic acid groups (broad SMARTS) is 1. The van der Waals surface area contributed by atoms with Crippen molar-refractivity contribution in [3.63, 3.8) is 0 Å². The highest BCUT2D eigenvalue weighted by Gasteiger charge is 2.43. The first kappa shape index (κ1) is 14.0. The number of rotatable bonds is 7. The number of carbonyl (C=O) groups is 1. The van der Waals surface area contributed by atoms with E-state index in [1.54, 1.807) is 0 Å². The molecule has 0 aromatic heterocycles. The summed E-state index contributed by atoms with van der Waals surface area (Å²) in [7, 11) is 3.93. The maximum Gasteiger partial charge on any atom is 0.328 e. The number of hydrogen-bond donors (Lipinski definition) is 2. The van der Waals surface area contributed by atoms with Gasteiger partial charge in [-0.1, -0.05) is 30.3 Å². The van der Waals surface area contributed by atoms with Gasteiger partial charge >= 0.3 is 5.97 Å². The lowest BCUT2D eigenvalue weighted by atomic mass is 9.86. The Labute approximate surface area is 114 Å². The number of nitrogens with one attached hydrogen (secondary N) is 1. The molecular formula is C15H22N2O2. The number of carboxylic acids is 1. The van der Waals surface area contributed by atoms with Crippen molar-refractivity contribution in [2.45, 2.75) is 30.8 Å². The van der Waals surface area contributed by atoms with Gasteiger partial charge in [0, 0.05) is 12.6 Å². The number of benzene rings is 1. The summed E-state index contributed by atoms with van der Waals surface area (Å²) >= 11 is 0. The predicted octanol–water partition coefficient (Wildman–Crippen LogP) is 1.67. The largest absolute Gasteiger partial charge is 0.480 e. The van der Waals surface area contributed by atoms with Gasteiger partial charge < -0.3 is 10.0 Å². The lowest BCUT2D eigenvalue weighted by molar-refractivity contribution is -0.146. The Morgan fingerprint density at radius 1 is 1.37 bits per heavy atom. The van der Waals surface area contributed by atoms with E-state index in [0.29, 0.717) is 12.5 Å². The second-order valence-corrected chi connectivity index (χ2v) is 5.55. The molecule has 0 amide bonds. The fourth-order valence-corrected chi connectivity index (χ4v) is 2.28. The van der Waals surface area contributed by atoms with Crippen molar-refractivity contribution in [3.05, 3.63) is 35.9 Å². The van der Waals surface area contributed by atoms with E-state index >= 15 is 0 Å². The van der Waals surface area contributed by atoms with Crippen LogP contribution in [-0.4, -0.2) is 42.7 Å². The Morgan fingerprint density at radius 3 is 2.47 bits per heavy atom. The molecule has 1 aliphatic rings. The molecule has 1 saturated carbocycles. The summed E-state index contributed by atoms with van der Waals surface area (Å²) in [5.41, 5.74) is -0.122. The summed E-state index contributed by atoms with van der Waals surface area (Å²) in [6.45, 7) is 0.737. The fourth-order valence-electron chi connectivity index (χ4n) is 2.28. The number of hydrogen-bond acceptors (Lipinski definition) is 3. The van der Waals surface area contributed by atoms with Crippen LogP contribution in [0.1, 0.15) is 24.8 Å². The lowest BCUT2D eigenvalue weighted by Crippen LogP contribution is -2.51. The van der Waals surface area contributed by atoms with Crippen LogP contribution in [0.5, 0.6) is 0 Å². The van der Waals surface area contributed by atoms with Crippen LogP contribution in [0.3, 0.4) is 0 Å². The Bertz CT molecular complexity index is 429. The third-order valence-corrected chi connectivity index (χ3v) is 3.59. The molecule has 1 aromatic carbocycles. The molecule has 2 rings (SSSR count). The number of nitrogens with zero attached hydrogens (tertiary/aromatic N) is 1. The van der Waals surface area contributed by atoms with Crippen molar-refractivity contribution in [1.82, 2.24) is 10.2 Å². The Kier molecular flexibility index (Phi) is 4.22. The van der Waals surface area contributed by atoms with Crippen molar-refractivity contribution in [3.8, 4) is 0 Å². The van der Waals surface area contributed by atoms with Crippen LogP contribution < -0.4 is 5.32 Å². The van der Waals surface area contributed by atoms with Crippen LogP contribution in [0, 0.1) is 0 Å². The molecule has 4 nitrogen and oxygen atoms in total. The normalized spacial score (nSPS) is 18.3. The van der Waals surface area contributed by atoms with E-state index in [2.05, 4.69) is 5.32 Å². The Morgan fingerprint density at radius 2 is 2.00 bits per heavy atom. The zero-order valence-corrected chi connectivity index (χ0v) is 11.6. The van der Waals surface area contributed by atoms with Crippen LogP contribution >= 0.6 is 0 Å². The molecular weight excluding hydrogens is 240 g/mol. The monoisotopic (exact) mass is 262 g/mol. The average molecular weight is 262 g/mol. The second-order valence-electron chi connectivity index (χ2n) is 5.55. The van der Waals surface area contributed by atoms with E-state index in [4.69, 9.17) is 0 Å². The molecule has 1 unspecified atom stereocenters. The quantitative estimate of drug-likeness (QED) is 0.785. The molecule has 1 aromatic rings.